The van der Waals surface area contributed by atoms with Gasteiger partial charge in [-0.25, -0.2) is 0 Å². The summed E-state index contributed by atoms with van der Waals surface area (Å²) in [4.78, 5) is 18.5. The van der Waals surface area contributed by atoms with Crippen molar-refractivity contribution in [3.8, 4) is 0 Å². The number of hydrogen-bond donors (Lipinski definition) is 2. The number of carbonyl (C=O) groups is 1. The van der Waals surface area contributed by atoms with Gasteiger partial charge < -0.3 is 16.0 Å². The third-order valence-electron chi connectivity index (χ3n) is 5.18. The van der Waals surface area contributed by atoms with E-state index in [1.54, 1.807) is 0 Å². The first-order valence-electron chi connectivity index (χ1n) is 8.39. The lowest BCUT2D eigenvalue weighted by molar-refractivity contribution is -0.129. The molecule has 1 aromatic heterocycles. The Bertz CT molecular complexity index is 493. The van der Waals surface area contributed by atoms with Crippen molar-refractivity contribution in [2.24, 2.45) is 11.7 Å². The standard InChI is InChI=1S/C17H26N4O/c18-17(7-1-8-17)16(22)20-11-2-14-5-12-21(13-6-14)15-3-9-19-10-4-15/h3-4,9-10,14H,1-2,5-8,11-13,18H2,(H,20,22). The molecule has 5 nitrogen and oxygen atoms in total. The molecule has 5 heteroatoms. The van der Waals surface area contributed by atoms with E-state index in [4.69, 9.17) is 5.73 Å². The molecule has 120 valence electrons. The lowest BCUT2D eigenvalue weighted by Gasteiger charge is -2.36. The Hall–Kier alpha value is -1.62. The number of pyridine rings is 1. The number of piperidine rings is 1. The van der Waals surface area contributed by atoms with Crippen LogP contribution >= 0.6 is 0 Å². The summed E-state index contributed by atoms with van der Waals surface area (Å²) in [5.41, 5.74) is 6.72. The molecule has 0 radical (unpaired) electrons. The van der Waals surface area contributed by atoms with Crippen molar-refractivity contribution < 1.29 is 4.79 Å². The van der Waals surface area contributed by atoms with Gasteiger partial charge in [-0.15, -0.1) is 0 Å². The molecule has 2 aliphatic rings. The summed E-state index contributed by atoms with van der Waals surface area (Å²) in [6.45, 7) is 2.94. The van der Waals surface area contributed by atoms with Crippen LogP contribution in [0.1, 0.15) is 38.5 Å². The van der Waals surface area contributed by atoms with E-state index in [2.05, 4.69) is 27.3 Å². The molecule has 1 saturated carbocycles. The molecular weight excluding hydrogens is 276 g/mol. The van der Waals surface area contributed by atoms with E-state index in [-0.39, 0.29) is 5.91 Å². The normalized spacial score (nSPS) is 21.2. The molecule has 3 rings (SSSR count). The SMILES string of the molecule is NC1(C(=O)NCCC2CCN(c3ccncc3)CC2)CCC1. The Morgan fingerprint density at radius 1 is 1.32 bits per heavy atom. The zero-order chi connectivity index (χ0) is 15.4. The van der Waals surface area contributed by atoms with Crippen molar-refractivity contribution in [3.63, 3.8) is 0 Å². The van der Waals surface area contributed by atoms with Crippen LogP contribution < -0.4 is 16.0 Å². The molecule has 1 aliphatic carbocycles. The van der Waals surface area contributed by atoms with Gasteiger partial charge in [0.1, 0.15) is 0 Å². The molecule has 3 N–H and O–H groups in total. The quantitative estimate of drug-likeness (QED) is 0.868. The highest BCUT2D eigenvalue weighted by Crippen LogP contribution is 2.29. The highest BCUT2D eigenvalue weighted by Gasteiger charge is 2.39. The van der Waals surface area contributed by atoms with Crippen molar-refractivity contribution >= 4 is 11.6 Å². The molecule has 2 fully saturated rings. The van der Waals surface area contributed by atoms with Crippen LogP contribution in [0.25, 0.3) is 0 Å². The van der Waals surface area contributed by atoms with Crippen LogP contribution in [0.4, 0.5) is 5.69 Å². The maximum absolute atomic E-state index is 12.0. The largest absolute Gasteiger partial charge is 0.371 e. The second-order valence-corrected chi connectivity index (χ2v) is 6.69. The van der Waals surface area contributed by atoms with Crippen LogP contribution in [0.3, 0.4) is 0 Å². The minimum absolute atomic E-state index is 0.0490. The fraction of sp³-hybridized carbons (Fsp3) is 0.647. The highest BCUT2D eigenvalue weighted by atomic mass is 16.2. The number of nitrogens with zero attached hydrogens (tertiary/aromatic N) is 2. The molecule has 0 atom stereocenters. The average molecular weight is 302 g/mol. The van der Waals surface area contributed by atoms with Crippen molar-refractivity contribution in [1.29, 1.82) is 0 Å². The number of carbonyl (C=O) groups excluding carboxylic acids is 1. The molecule has 1 aromatic rings. The van der Waals surface area contributed by atoms with Crippen molar-refractivity contribution in [2.45, 2.75) is 44.1 Å². The average Bonchev–Trinajstić information content (AvgIpc) is 2.54. The number of amides is 1. The Kier molecular flexibility index (Phi) is 4.62. The second-order valence-electron chi connectivity index (χ2n) is 6.69. The number of nitrogens with two attached hydrogens (primary N) is 1. The van der Waals surface area contributed by atoms with E-state index in [0.29, 0.717) is 5.92 Å². The van der Waals surface area contributed by atoms with Gasteiger partial charge in [0.2, 0.25) is 5.91 Å². The zero-order valence-corrected chi connectivity index (χ0v) is 13.1. The number of nitrogens with one attached hydrogen (secondary N) is 1. The van der Waals surface area contributed by atoms with Gasteiger partial charge in [0.15, 0.2) is 0 Å². The molecule has 0 aromatic carbocycles. The molecular formula is C17H26N4O. The minimum Gasteiger partial charge on any atom is -0.371 e. The van der Waals surface area contributed by atoms with E-state index in [1.807, 2.05) is 12.4 Å². The number of hydrogen-bond acceptors (Lipinski definition) is 4. The van der Waals surface area contributed by atoms with Gasteiger partial charge in [0.05, 0.1) is 5.54 Å². The Balaban J connectivity index is 1.36. The molecule has 1 amide bonds. The van der Waals surface area contributed by atoms with Gasteiger partial charge in [-0.3, -0.25) is 9.78 Å². The maximum Gasteiger partial charge on any atom is 0.240 e. The fourth-order valence-electron chi connectivity index (χ4n) is 3.39. The Labute approximate surface area is 132 Å². The van der Waals surface area contributed by atoms with E-state index in [0.717, 1.165) is 45.3 Å². The first-order valence-corrected chi connectivity index (χ1v) is 8.39. The van der Waals surface area contributed by atoms with E-state index < -0.39 is 5.54 Å². The first kappa shape index (κ1) is 15.3. The van der Waals surface area contributed by atoms with Gasteiger partial charge in [-0.05, 0) is 56.6 Å². The summed E-state index contributed by atoms with van der Waals surface area (Å²) < 4.78 is 0. The van der Waals surface area contributed by atoms with Crippen molar-refractivity contribution in [1.82, 2.24) is 10.3 Å². The first-order chi connectivity index (χ1) is 10.7. The summed E-state index contributed by atoms with van der Waals surface area (Å²) in [5, 5.41) is 3.03. The van der Waals surface area contributed by atoms with Crippen LogP contribution in [0.2, 0.25) is 0 Å². The molecule has 0 bridgehead atoms. The topological polar surface area (TPSA) is 71.2 Å². The predicted molar refractivity (Wildman–Crippen MR) is 87.6 cm³/mol. The number of rotatable bonds is 5. The van der Waals surface area contributed by atoms with Gasteiger partial charge in [-0.1, -0.05) is 0 Å². The van der Waals surface area contributed by atoms with Crippen LogP contribution in [-0.4, -0.2) is 36.1 Å². The van der Waals surface area contributed by atoms with Crippen LogP contribution in [-0.2, 0) is 4.79 Å². The lowest BCUT2D eigenvalue weighted by Crippen LogP contribution is -2.58. The summed E-state index contributed by atoms with van der Waals surface area (Å²) in [5.74, 6) is 0.751. The smallest absolute Gasteiger partial charge is 0.240 e. The summed E-state index contributed by atoms with van der Waals surface area (Å²) in [6.07, 6.45) is 9.88. The summed E-state index contributed by atoms with van der Waals surface area (Å²) >= 11 is 0. The number of aromatic nitrogens is 1. The predicted octanol–water partition coefficient (Wildman–Crippen LogP) is 1.69. The highest BCUT2D eigenvalue weighted by molar-refractivity contribution is 5.86. The van der Waals surface area contributed by atoms with E-state index >= 15 is 0 Å². The van der Waals surface area contributed by atoms with E-state index in [9.17, 15) is 4.79 Å². The zero-order valence-electron chi connectivity index (χ0n) is 13.1. The third kappa shape index (κ3) is 3.40. The molecule has 2 heterocycles. The Morgan fingerprint density at radius 3 is 2.59 bits per heavy atom. The van der Waals surface area contributed by atoms with Crippen LogP contribution in [0.15, 0.2) is 24.5 Å². The van der Waals surface area contributed by atoms with Gasteiger partial charge in [0.25, 0.3) is 0 Å². The van der Waals surface area contributed by atoms with Crippen molar-refractivity contribution in [2.75, 3.05) is 24.5 Å². The van der Waals surface area contributed by atoms with E-state index in [1.165, 1.54) is 18.5 Å². The van der Waals surface area contributed by atoms with Crippen molar-refractivity contribution in [3.05, 3.63) is 24.5 Å². The third-order valence-corrected chi connectivity index (χ3v) is 5.18. The summed E-state index contributed by atoms with van der Waals surface area (Å²) in [6, 6.07) is 4.14. The van der Waals surface area contributed by atoms with Crippen LogP contribution in [0, 0.1) is 5.92 Å². The molecule has 1 saturated heterocycles. The molecule has 0 spiro atoms. The minimum atomic E-state index is -0.565. The molecule has 1 aliphatic heterocycles. The van der Waals surface area contributed by atoms with Gasteiger partial charge >= 0.3 is 0 Å². The van der Waals surface area contributed by atoms with Gasteiger partial charge in [-0.2, -0.15) is 0 Å². The second kappa shape index (κ2) is 6.65. The maximum atomic E-state index is 12.0. The molecule has 0 unspecified atom stereocenters. The Morgan fingerprint density at radius 2 is 2.00 bits per heavy atom. The monoisotopic (exact) mass is 302 g/mol. The lowest BCUT2D eigenvalue weighted by atomic mass is 9.77. The van der Waals surface area contributed by atoms with Crippen LogP contribution in [0.5, 0.6) is 0 Å². The fourth-order valence-corrected chi connectivity index (χ4v) is 3.39. The summed E-state index contributed by atoms with van der Waals surface area (Å²) in [7, 11) is 0. The number of anilines is 1. The molecule has 22 heavy (non-hydrogen) atoms. The van der Waals surface area contributed by atoms with Gasteiger partial charge in [0, 0.05) is 37.7 Å².